The van der Waals surface area contributed by atoms with E-state index in [1.165, 1.54) is 0 Å². The van der Waals surface area contributed by atoms with Crippen LogP contribution in [0.2, 0.25) is 0 Å². The maximum absolute atomic E-state index is 11.9. The predicted molar refractivity (Wildman–Crippen MR) is 202 cm³/mol. The molecule has 7 aliphatic rings. The van der Waals surface area contributed by atoms with Crippen molar-refractivity contribution in [3.63, 3.8) is 0 Å². The van der Waals surface area contributed by atoms with Crippen molar-refractivity contribution < 1.29 is 75.1 Å². The number of aliphatic hydroxyl groups is 11. The zero-order valence-corrected chi connectivity index (χ0v) is 34.3. The summed E-state index contributed by atoms with van der Waals surface area (Å²) in [5.41, 5.74) is -2.57. The van der Waals surface area contributed by atoms with Gasteiger partial charge in [-0.25, -0.2) is 0 Å². The lowest BCUT2D eigenvalue weighted by Crippen LogP contribution is -2.63. The molecular weight excluding hydrogens is 744 g/mol. The Hall–Kier alpha value is -0.860. The quantitative estimate of drug-likeness (QED) is 0.0946. The minimum atomic E-state index is -1.63. The van der Waals surface area contributed by atoms with Gasteiger partial charge in [0.25, 0.3) is 0 Å². The van der Waals surface area contributed by atoms with Crippen LogP contribution >= 0.6 is 0 Å². The third-order valence-electron chi connectivity index (χ3n) is 17.3. The number of fused-ring (bicyclic) bond motifs is 2. The highest BCUT2D eigenvalue weighted by atomic mass is 16.7. The Kier molecular flexibility index (Phi) is 11.8. The minimum Gasteiger partial charge on any atom is -0.394 e. The van der Waals surface area contributed by atoms with Gasteiger partial charge in [-0.2, -0.15) is 0 Å². The summed E-state index contributed by atoms with van der Waals surface area (Å²) in [5, 5.41) is 117. The minimum absolute atomic E-state index is 0.00225. The second kappa shape index (κ2) is 15.2. The molecule has 5 saturated carbocycles. The molecule has 0 aromatic carbocycles. The Morgan fingerprint density at radius 1 is 0.737 bits per heavy atom. The fourth-order valence-corrected chi connectivity index (χ4v) is 14.2. The summed E-state index contributed by atoms with van der Waals surface area (Å²) in [6, 6.07) is 0. The van der Waals surface area contributed by atoms with Crippen LogP contribution in [0, 0.1) is 50.7 Å². The molecule has 0 aromatic heterocycles. The van der Waals surface area contributed by atoms with Crippen LogP contribution in [-0.2, 0) is 18.9 Å². The van der Waals surface area contributed by atoms with E-state index >= 15 is 0 Å². The lowest BCUT2D eigenvalue weighted by molar-refractivity contribution is -0.340. The highest BCUT2D eigenvalue weighted by molar-refractivity contribution is 5.32. The Bertz CT molecular complexity index is 1470. The van der Waals surface area contributed by atoms with Gasteiger partial charge in [-0.05, 0) is 111 Å². The Morgan fingerprint density at radius 2 is 1.30 bits per heavy atom. The van der Waals surface area contributed by atoms with E-state index in [0.29, 0.717) is 12.8 Å². The lowest BCUT2D eigenvalue weighted by atomic mass is 9.41. The van der Waals surface area contributed by atoms with E-state index in [2.05, 4.69) is 13.8 Å². The van der Waals surface area contributed by atoms with Gasteiger partial charge in [0.2, 0.25) is 0 Å². The largest absolute Gasteiger partial charge is 0.394 e. The molecule has 0 aromatic rings. The van der Waals surface area contributed by atoms with Crippen molar-refractivity contribution in [2.45, 2.75) is 178 Å². The van der Waals surface area contributed by atoms with Crippen LogP contribution in [0.15, 0.2) is 12.2 Å². The molecule has 0 radical (unpaired) electrons. The lowest BCUT2D eigenvalue weighted by Gasteiger charge is -2.64. The van der Waals surface area contributed by atoms with Crippen LogP contribution in [0.4, 0.5) is 0 Å². The zero-order chi connectivity index (χ0) is 41.8. The summed E-state index contributed by atoms with van der Waals surface area (Å²) >= 11 is 0. The fraction of sp³-hybridized carbons (Fsp3) is 0.952. The molecule has 2 aliphatic heterocycles. The summed E-state index contributed by atoms with van der Waals surface area (Å²) in [7, 11) is 0. The molecule has 2 heterocycles. The predicted octanol–water partition coefficient (Wildman–Crippen LogP) is -0.298. The monoisotopic (exact) mass is 814 g/mol. The van der Waals surface area contributed by atoms with E-state index in [9.17, 15) is 56.2 Å². The average Bonchev–Trinajstić information content (AvgIpc) is 3.77. The Labute approximate surface area is 335 Å². The molecule has 0 amide bonds. The first-order valence-electron chi connectivity index (χ1n) is 21.2. The molecule has 22 atom stereocenters. The molecule has 5 aliphatic carbocycles. The summed E-state index contributed by atoms with van der Waals surface area (Å²) < 4.78 is 24.5. The SMILES string of the molecule is C[C@H](C(O)/C=C/C(C)(C)O)[C@H]1[C@@H](O)C[C@@]2(C)[C@@H]3CC[C@H]4[C@](C)(CO[C@@H]5O[C@H](CO)[C@@H](O)[C@H](O)[C@H]5O)[C@@H](O[C@@H]5O[C@H](CO)[C@H](O)[C@H](O)[C@H]5O)CC[C@@]45C[C@@]35CC[C@]12C. The van der Waals surface area contributed by atoms with Crippen molar-refractivity contribution in [2.75, 3.05) is 19.8 Å². The van der Waals surface area contributed by atoms with E-state index in [1.807, 2.05) is 13.8 Å². The number of aliphatic hydroxyl groups excluding tert-OH is 10. The van der Waals surface area contributed by atoms with Crippen LogP contribution < -0.4 is 0 Å². The van der Waals surface area contributed by atoms with E-state index in [0.717, 1.165) is 38.5 Å². The molecule has 7 fully saturated rings. The van der Waals surface area contributed by atoms with Gasteiger partial charge in [-0.1, -0.05) is 39.8 Å². The highest BCUT2D eigenvalue weighted by Gasteiger charge is 2.83. The first-order valence-corrected chi connectivity index (χ1v) is 21.2. The summed E-state index contributed by atoms with van der Waals surface area (Å²) in [6.07, 6.45) is -7.13. The molecule has 15 heteroatoms. The van der Waals surface area contributed by atoms with Gasteiger partial charge >= 0.3 is 0 Å². The summed E-state index contributed by atoms with van der Waals surface area (Å²) in [5.74, 6) is -0.123. The topological polar surface area (TPSA) is 259 Å². The van der Waals surface area contributed by atoms with Gasteiger partial charge in [0, 0.05) is 5.41 Å². The normalized spacial score (nSPS) is 54.7. The van der Waals surface area contributed by atoms with Gasteiger partial charge in [-0.15, -0.1) is 0 Å². The van der Waals surface area contributed by atoms with Crippen molar-refractivity contribution in [3.8, 4) is 0 Å². The van der Waals surface area contributed by atoms with Crippen molar-refractivity contribution in [2.24, 2.45) is 50.7 Å². The molecule has 7 rings (SSSR count). The van der Waals surface area contributed by atoms with Gasteiger partial charge in [-0.3, -0.25) is 0 Å². The summed E-state index contributed by atoms with van der Waals surface area (Å²) in [6.45, 7) is 10.8. The van der Waals surface area contributed by atoms with Crippen LogP contribution in [0.25, 0.3) is 0 Å². The standard InChI is InChI=1S/C42H70O15/c1-20(21(45)9-11-37(2,3)53)28-22(46)15-40(6)26-8-7-25-38(4,19-54-35-33(51)31(49)29(47)23(16-43)55-35)27(57-36-34(52)32(50)30(48)24(17-44)56-36)10-12-41(25)18-42(26,41)14-13-39(28,40)5/h9,11,20-36,43-53H,7-8,10,12-19H2,1-6H3/b11-9+/t20-,21?,22+,23-,24-,25+,26+,27+,28+,29-,30+,31+,32+,33-,34-,35-,36+,38+,39-,40+,41-,42+/m1/s1. The van der Waals surface area contributed by atoms with Gasteiger partial charge < -0.3 is 75.1 Å². The van der Waals surface area contributed by atoms with E-state index in [-0.39, 0.29) is 51.9 Å². The van der Waals surface area contributed by atoms with E-state index < -0.39 is 104 Å². The molecule has 2 saturated heterocycles. The maximum atomic E-state index is 11.9. The fourth-order valence-electron chi connectivity index (χ4n) is 14.2. The van der Waals surface area contributed by atoms with E-state index in [4.69, 9.17) is 18.9 Å². The molecule has 57 heavy (non-hydrogen) atoms. The van der Waals surface area contributed by atoms with Crippen LogP contribution in [0.1, 0.15) is 92.9 Å². The third-order valence-corrected chi connectivity index (χ3v) is 17.3. The number of hydrogen-bond donors (Lipinski definition) is 11. The van der Waals surface area contributed by atoms with Gasteiger partial charge in [0.1, 0.15) is 48.8 Å². The van der Waals surface area contributed by atoms with Crippen molar-refractivity contribution in [3.05, 3.63) is 12.2 Å². The Balaban J connectivity index is 1.18. The highest BCUT2D eigenvalue weighted by Crippen LogP contribution is 2.89. The molecular formula is C42H70O15. The second-order valence-electron chi connectivity index (χ2n) is 20.5. The average molecular weight is 815 g/mol. The van der Waals surface area contributed by atoms with Crippen molar-refractivity contribution in [1.29, 1.82) is 0 Å². The van der Waals surface area contributed by atoms with Crippen LogP contribution in [0.5, 0.6) is 0 Å². The maximum Gasteiger partial charge on any atom is 0.186 e. The first-order chi connectivity index (χ1) is 26.6. The molecule has 15 nitrogen and oxygen atoms in total. The van der Waals surface area contributed by atoms with Crippen molar-refractivity contribution >= 4 is 0 Å². The molecule has 11 N–H and O–H groups in total. The van der Waals surface area contributed by atoms with Crippen LogP contribution in [-0.4, -0.2) is 161 Å². The van der Waals surface area contributed by atoms with Gasteiger partial charge in [0.05, 0.1) is 43.7 Å². The molecule has 328 valence electrons. The third kappa shape index (κ3) is 6.73. The van der Waals surface area contributed by atoms with Gasteiger partial charge in [0.15, 0.2) is 12.6 Å². The molecule has 0 bridgehead atoms. The second-order valence-corrected chi connectivity index (χ2v) is 20.5. The van der Waals surface area contributed by atoms with E-state index in [1.54, 1.807) is 26.0 Å². The zero-order valence-electron chi connectivity index (χ0n) is 34.3. The first kappa shape index (κ1) is 44.2. The van der Waals surface area contributed by atoms with Crippen molar-refractivity contribution in [1.82, 2.24) is 0 Å². The van der Waals surface area contributed by atoms with Crippen LogP contribution in [0.3, 0.4) is 0 Å². The number of hydrogen-bond acceptors (Lipinski definition) is 15. The Morgan fingerprint density at radius 3 is 1.89 bits per heavy atom. The smallest absolute Gasteiger partial charge is 0.186 e. The summed E-state index contributed by atoms with van der Waals surface area (Å²) in [4.78, 5) is 0. The molecule has 1 unspecified atom stereocenters. The number of rotatable bonds is 11. The number of ether oxygens (including phenoxy) is 4. The molecule has 2 spiro atoms.